The van der Waals surface area contributed by atoms with Gasteiger partial charge in [0.15, 0.2) is 5.78 Å². The Balaban J connectivity index is 2.65. The fourth-order valence-corrected chi connectivity index (χ4v) is 1.01. The quantitative estimate of drug-likeness (QED) is 0.500. The molecule has 0 fully saturated rings. The molecule has 1 heterocycles. The van der Waals surface area contributed by atoms with Gasteiger partial charge in [-0.05, 0) is 12.5 Å². The number of aryl methyl sites for hydroxylation is 1. The van der Waals surface area contributed by atoms with Gasteiger partial charge in [-0.25, -0.2) is 0 Å². The van der Waals surface area contributed by atoms with Crippen LogP contribution in [0.1, 0.15) is 23.3 Å². The maximum Gasteiger partial charge on any atom is 0.181 e. The molecule has 0 aliphatic heterocycles. The van der Waals surface area contributed by atoms with Crippen LogP contribution >= 0.6 is 0 Å². The molecular weight excluding hydrogens is 152 g/mol. The first-order valence-corrected chi connectivity index (χ1v) is 3.88. The molecule has 0 radical (unpaired) electrons. The Morgan fingerprint density at radius 3 is 3.08 bits per heavy atom. The summed E-state index contributed by atoms with van der Waals surface area (Å²) in [6.07, 6.45) is 4.61. The molecule has 1 aromatic rings. The monoisotopic (exact) mass is 164 g/mol. The highest BCUT2D eigenvalue weighted by molar-refractivity contribution is 5.94. The van der Waals surface area contributed by atoms with E-state index in [1.165, 1.54) is 0 Å². The third-order valence-electron chi connectivity index (χ3n) is 1.68. The Morgan fingerprint density at radius 2 is 2.58 bits per heavy atom. The summed E-state index contributed by atoms with van der Waals surface area (Å²) in [4.78, 5) is 11.4. The minimum atomic E-state index is 0.120. The van der Waals surface area contributed by atoms with Crippen LogP contribution < -0.4 is 0 Å². The number of allylic oxidation sites excluding steroid dienone is 1. The molecule has 1 aromatic heterocycles. The highest BCUT2D eigenvalue weighted by Crippen LogP contribution is 2.03. The van der Waals surface area contributed by atoms with E-state index in [1.807, 2.05) is 0 Å². The summed E-state index contributed by atoms with van der Waals surface area (Å²) in [5, 5.41) is 3.92. The van der Waals surface area contributed by atoms with E-state index in [4.69, 9.17) is 0 Å². The largest absolute Gasteiger partial charge is 0.292 e. The second-order valence-corrected chi connectivity index (χ2v) is 2.59. The van der Waals surface area contributed by atoms with Crippen molar-refractivity contribution in [2.24, 2.45) is 7.05 Å². The minimum Gasteiger partial charge on any atom is -0.292 e. The van der Waals surface area contributed by atoms with Crippen LogP contribution in [0.2, 0.25) is 0 Å². The highest BCUT2D eigenvalue weighted by atomic mass is 16.1. The highest BCUT2D eigenvalue weighted by Gasteiger charge is 2.07. The average molecular weight is 164 g/mol. The van der Waals surface area contributed by atoms with Crippen LogP contribution in [0.25, 0.3) is 0 Å². The summed E-state index contributed by atoms with van der Waals surface area (Å²) >= 11 is 0. The molecule has 0 saturated heterocycles. The van der Waals surface area contributed by atoms with Crippen molar-refractivity contribution in [2.75, 3.05) is 0 Å². The third-order valence-corrected chi connectivity index (χ3v) is 1.68. The van der Waals surface area contributed by atoms with Crippen LogP contribution in [-0.2, 0) is 7.05 Å². The Morgan fingerprint density at radius 1 is 1.83 bits per heavy atom. The lowest BCUT2D eigenvalue weighted by atomic mass is 10.2. The topological polar surface area (TPSA) is 34.9 Å². The Hall–Kier alpha value is -1.38. The normalized spacial score (nSPS) is 9.75. The second kappa shape index (κ2) is 3.85. The molecule has 0 aliphatic carbocycles. The molecule has 0 atom stereocenters. The van der Waals surface area contributed by atoms with Gasteiger partial charge in [-0.15, -0.1) is 6.58 Å². The van der Waals surface area contributed by atoms with Crippen molar-refractivity contribution in [3.63, 3.8) is 0 Å². The van der Waals surface area contributed by atoms with E-state index in [9.17, 15) is 4.79 Å². The van der Waals surface area contributed by atoms with Crippen molar-refractivity contribution < 1.29 is 4.79 Å². The molecule has 0 bridgehead atoms. The van der Waals surface area contributed by atoms with Crippen molar-refractivity contribution in [2.45, 2.75) is 12.8 Å². The Labute approximate surface area is 71.7 Å². The number of carbonyl (C=O) groups excluding carboxylic acids is 1. The zero-order chi connectivity index (χ0) is 8.97. The molecule has 3 heteroatoms. The van der Waals surface area contributed by atoms with Crippen LogP contribution in [0.4, 0.5) is 0 Å². The molecule has 1 rings (SSSR count). The van der Waals surface area contributed by atoms with E-state index in [1.54, 1.807) is 30.1 Å². The van der Waals surface area contributed by atoms with Gasteiger partial charge in [0.05, 0.1) is 0 Å². The van der Waals surface area contributed by atoms with Crippen LogP contribution in [0, 0.1) is 0 Å². The number of ketones is 1. The maximum absolute atomic E-state index is 11.4. The van der Waals surface area contributed by atoms with E-state index in [0.717, 1.165) is 6.42 Å². The lowest BCUT2D eigenvalue weighted by molar-refractivity contribution is 0.0974. The molecule has 0 unspecified atom stereocenters. The van der Waals surface area contributed by atoms with E-state index < -0.39 is 0 Å². The van der Waals surface area contributed by atoms with Crippen molar-refractivity contribution in [1.82, 2.24) is 9.78 Å². The number of aromatic nitrogens is 2. The fourth-order valence-electron chi connectivity index (χ4n) is 1.01. The van der Waals surface area contributed by atoms with Gasteiger partial charge >= 0.3 is 0 Å². The van der Waals surface area contributed by atoms with Gasteiger partial charge in [0, 0.05) is 19.7 Å². The first-order chi connectivity index (χ1) is 5.75. The molecule has 0 aromatic carbocycles. The maximum atomic E-state index is 11.4. The summed E-state index contributed by atoms with van der Waals surface area (Å²) in [7, 11) is 1.77. The van der Waals surface area contributed by atoms with Crippen LogP contribution in [0.3, 0.4) is 0 Å². The van der Waals surface area contributed by atoms with Gasteiger partial charge in [0.2, 0.25) is 0 Å². The van der Waals surface area contributed by atoms with E-state index in [2.05, 4.69) is 11.7 Å². The second-order valence-electron chi connectivity index (χ2n) is 2.59. The summed E-state index contributed by atoms with van der Waals surface area (Å²) in [5.41, 5.74) is 0.664. The minimum absolute atomic E-state index is 0.120. The van der Waals surface area contributed by atoms with E-state index in [-0.39, 0.29) is 5.78 Å². The molecule has 0 spiro atoms. The number of carbonyl (C=O) groups is 1. The molecular formula is C9H12N2O. The van der Waals surface area contributed by atoms with Crippen molar-refractivity contribution in [3.8, 4) is 0 Å². The van der Waals surface area contributed by atoms with Crippen LogP contribution in [0.5, 0.6) is 0 Å². The summed E-state index contributed by atoms with van der Waals surface area (Å²) < 4.78 is 1.59. The van der Waals surface area contributed by atoms with Crippen LogP contribution in [0.15, 0.2) is 24.9 Å². The van der Waals surface area contributed by atoms with Gasteiger partial charge in [-0.2, -0.15) is 5.10 Å². The summed E-state index contributed by atoms with van der Waals surface area (Å²) in [6, 6.07) is 1.73. The molecule has 3 nitrogen and oxygen atoms in total. The fraction of sp³-hybridized carbons (Fsp3) is 0.333. The first kappa shape index (κ1) is 8.71. The molecule has 0 saturated carbocycles. The van der Waals surface area contributed by atoms with Crippen molar-refractivity contribution >= 4 is 5.78 Å². The number of hydrogen-bond donors (Lipinski definition) is 0. The van der Waals surface area contributed by atoms with E-state index in [0.29, 0.717) is 12.1 Å². The third kappa shape index (κ3) is 1.81. The molecule has 12 heavy (non-hydrogen) atoms. The SMILES string of the molecule is C=CCCC(=O)c1ccnn1C. The van der Waals surface area contributed by atoms with Gasteiger partial charge in [0.1, 0.15) is 5.69 Å². The number of rotatable bonds is 4. The predicted molar refractivity (Wildman–Crippen MR) is 47.0 cm³/mol. The first-order valence-electron chi connectivity index (χ1n) is 3.88. The van der Waals surface area contributed by atoms with E-state index >= 15 is 0 Å². The molecule has 64 valence electrons. The molecule has 0 N–H and O–H groups in total. The standard InChI is InChI=1S/C9H12N2O/c1-3-4-5-9(12)8-6-7-10-11(8)2/h3,6-7H,1,4-5H2,2H3. The van der Waals surface area contributed by atoms with Gasteiger partial charge in [-0.3, -0.25) is 9.48 Å². The van der Waals surface area contributed by atoms with Gasteiger partial charge in [-0.1, -0.05) is 6.08 Å². The van der Waals surface area contributed by atoms with Gasteiger partial charge < -0.3 is 0 Å². The number of nitrogens with zero attached hydrogens (tertiary/aromatic N) is 2. The smallest absolute Gasteiger partial charge is 0.181 e. The lowest BCUT2D eigenvalue weighted by Gasteiger charge is -1.98. The van der Waals surface area contributed by atoms with Crippen molar-refractivity contribution in [3.05, 3.63) is 30.6 Å². The van der Waals surface area contributed by atoms with Crippen LogP contribution in [-0.4, -0.2) is 15.6 Å². The van der Waals surface area contributed by atoms with Crippen molar-refractivity contribution in [1.29, 1.82) is 0 Å². The molecule has 0 aliphatic rings. The lowest BCUT2D eigenvalue weighted by Crippen LogP contribution is -2.06. The zero-order valence-electron chi connectivity index (χ0n) is 7.16. The summed E-state index contributed by atoms with van der Waals surface area (Å²) in [6.45, 7) is 3.56. The Bertz CT molecular complexity index is 288. The van der Waals surface area contributed by atoms with Gasteiger partial charge in [0.25, 0.3) is 0 Å². The summed E-state index contributed by atoms with van der Waals surface area (Å²) in [5.74, 6) is 0.120. The zero-order valence-corrected chi connectivity index (χ0v) is 7.16. The number of hydrogen-bond acceptors (Lipinski definition) is 2. The average Bonchev–Trinajstić information content (AvgIpc) is 2.47. The number of Topliss-reactive ketones (excluding diaryl/α,β-unsaturated/α-hetero) is 1. The Kier molecular flexibility index (Phi) is 2.80. The predicted octanol–water partition coefficient (Wildman–Crippen LogP) is 1.57. The molecule has 0 amide bonds.